The van der Waals surface area contributed by atoms with Crippen LogP contribution < -0.4 is 5.32 Å². The van der Waals surface area contributed by atoms with Crippen molar-refractivity contribution in [1.29, 1.82) is 0 Å². The summed E-state index contributed by atoms with van der Waals surface area (Å²) in [5.41, 5.74) is 0.988. The second-order valence-corrected chi connectivity index (χ2v) is 3.06. The van der Waals surface area contributed by atoms with Gasteiger partial charge in [-0.3, -0.25) is 5.10 Å². The van der Waals surface area contributed by atoms with Gasteiger partial charge < -0.3 is 5.32 Å². The van der Waals surface area contributed by atoms with Crippen LogP contribution in [0.4, 0.5) is 0 Å². The molecule has 0 amide bonds. The third-order valence-corrected chi connectivity index (χ3v) is 1.95. The topological polar surface area (TPSA) is 79.4 Å². The Labute approximate surface area is 87.2 Å². The molecule has 78 valence electrons. The SMILES string of the molecule is c1cc(CNCCc2ncn[nH]2)ncn1. The second-order valence-electron chi connectivity index (χ2n) is 3.06. The summed E-state index contributed by atoms with van der Waals surface area (Å²) in [6.45, 7) is 1.59. The highest BCUT2D eigenvalue weighted by Gasteiger charge is 1.95. The first-order chi connectivity index (χ1) is 7.45. The van der Waals surface area contributed by atoms with Gasteiger partial charge in [0.2, 0.25) is 0 Å². The van der Waals surface area contributed by atoms with E-state index in [2.05, 4.69) is 30.5 Å². The van der Waals surface area contributed by atoms with Crippen molar-refractivity contribution >= 4 is 0 Å². The van der Waals surface area contributed by atoms with E-state index >= 15 is 0 Å². The predicted octanol–water partition coefficient (Wildman–Crippen LogP) is -0.0730. The smallest absolute Gasteiger partial charge is 0.137 e. The fraction of sp³-hybridized carbons (Fsp3) is 0.333. The molecule has 15 heavy (non-hydrogen) atoms. The number of aromatic nitrogens is 5. The molecule has 0 saturated heterocycles. The third kappa shape index (κ3) is 3.10. The van der Waals surface area contributed by atoms with Gasteiger partial charge in [0.25, 0.3) is 0 Å². The molecule has 0 atom stereocenters. The predicted molar refractivity (Wildman–Crippen MR) is 53.8 cm³/mol. The summed E-state index contributed by atoms with van der Waals surface area (Å²) in [4.78, 5) is 12.0. The van der Waals surface area contributed by atoms with E-state index in [1.54, 1.807) is 12.5 Å². The van der Waals surface area contributed by atoms with Crippen LogP contribution in [0.1, 0.15) is 11.5 Å². The van der Waals surface area contributed by atoms with Gasteiger partial charge in [-0.1, -0.05) is 0 Å². The van der Waals surface area contributed by atoms with Crippen LogP contribution in [0.5, 0.6) is 0 Å². The standard InChI is InChI=1S/C9H12N6/c1-3-11-6-12-8(1)5-10-4-2-9-13-7-14-15-9/h1,3,6-7,10H,2,4-5H2,(H,13,14,15). The van der Waals surface area contributed by atoms with Gasteiger partial charge in [-0.25, -0.2) is 15.0 Å². The molecule has 0 spiro atoms. The fourth-order valence-electron chi connectivity index (χ4n) is 1.20. The van der Waals surface area contributed by atoms with E-state index in [1.807, 2.05) is 6.07 Å². The lowest BCUT2D eigenvalue weighted by Gasteiger charge is -2.01. The number of hydrogen-bond donors (Lipinski definition) is 2. The minimum absolute atomic E-state index is 0.747. The monoisotopic (exact) mass is 204 g/mol. The van der Waals surface area contributed by atoms with Crippen LogP contribution in [-0.2, 0) is 13.0 Å². The maximum absolute atomic E-state index is 4.10. The highest BCUT2D eigenvalue weighted by Crippen LogP contribution is 1.90. The Morgan fingerprint density at radius 1 is 1.27 bits per heavy atom. The number of hydrogen-bond acceptors (Lipinski definition) is 5. The number of nitrogens with zero attached hydrogens (tertiary/aromatic N) is 4. The molecule has 0 aliphatic heterocycles. The highest BCUT2D eigenvalue weighted by molar-refractivity contribution is 4.97. The minimum Gasteiger partial charge on any atom is -0.311 e. The average molecular weight is 204 g/mol. The number of nitrogens with one attached hydrogen (secondary N) is 2. The summed E-state index contributed by atoms with van der Waals surface area (Å²) in [5.74, 6) is 0.894. The lowest BCUT2D eigenvalue weighted by Crippen LogP contribution is -2.17. The molecule has 0 fully saturated rings. The molecule has 0 saturated carbocycles. The molecule has 2 heterocycles. The zero-order chi connectivity index (χ0) is 10.3. The molecule has 6 nitrogen and oxygen atoms in total. The molecule has 0 unspecified atom stereocenters. The average Bonchev–Trinajstić information content (AvgIpc) is 2.79. The highest BCUT2D eigenvalue weighted by atomic mass is 15.2. The summed E-state index contributed by atoms with van der Waals surface area (Å²) >= 11 is 0. The minimum atomic E-state index is 0.747. The van der Waals surface area contributed by atoms with Crippen molar-refractivity contribution in [3.05, 3.63) is 36.4 Å². The third-order valence-electron chi connectivity index (χ3n) is 1.95. The quantitative estimate of drug-likeness (QED) is 0.666. The lowest BCUT2D eigenvalue weighted by atomic mass is 10.3. The van der Waals surface area contributed by atoms with Gasteiger partial charge >= 0.3 is 0 Å². The van der Waals surface area contributed by atoms with E-state index in [-0.39, 0.29) is 0 Å². The van der Waals surface area contributed by atoms with Gasteiger partial charge in [-0.15, -0.1) is 0 Å². The largest absolute Gasteiger partial charge is 0.311 e. The van der Waals surface area contributed by atoms with E-state index in [0.717, 1.165) is 31.0 Å². The Balaban J connectivity index is 1.68. The van der Waals surface area contributed by atoms with Crippen LogP contribution in [0.2, 0.25) is 0 Å². The van der Waals surface area contributed by atoms with Crippen molar-refractivity contribution in [1.82, 2.24) is 30.5 Å². The van der Waals surface area contributed by atoms with Gasteiger partial charge in [0.15, 0.2) is 0 Å². The Hall–Kier alpha value is -1.82. The molecule has 2 N–H and O–H groups in total. The van der Waals surface area contributed by atoms with Crippen molar-refractivity contribution in [2.24, 2.45) is 0 Å². The Bertz CT molecular complexity index is 371. The van der Waals surface area contributed by atoms with Gasteiger partial charge in [0.05, 0.1) is 5.69 Å². The van der Waals surface area contributed by atoms with Gasteiger partial charge in [-0.2, -0.15) is 5.10 Å². The molecule has 2 rings (SSSR count). The molecule has 0 aliphatic rings. The summed E-state index contributed by atoms with van der Waals surface area (Å²) in [5, 5.41) is 9.85. The summed E-state index contributed by atoms with van der Waals surface area (Å²) in [6, 6.07) is 1.89. The van der Waals surface area contributed by atoms with Crippen LogP contribution in [0.25, 0.3) is 0 Å². The molecular weight excluding hydrogens is 192 g/mol. The summed E-state index contributed by atoms with van der Waals surface area (Å²) in [6.07, 6.45) is 5.64. The molecule has 2 aromatic rings. The zero-order valence-corrected chi connectivity index (χ0v) is 8.22. The normalized spacial score (nSPS) is 10.4. The first-order valence-electron chi connectivity index (χ1n) is 4.75. The van der Waals surface area contributed by atoms with Crippen LogP contribution in [-0.4, -0.2) is 31.7 Å². The first kappa shape index (κ1) is 9.72. The Kier molecular flexibility index (Phi) is 3.34. The maximum Gasteiger partial charge on any atom is 0.137 e. The maximum atomic E-state index is 4.10. The molecule has 6 heteroatoms. The fourth-order valence-corrected chi connectivity index (χ4v) is 1.20. The Morgan fingerprint density at radius 3 is 3.00 bits per heavy atom. The summed E-state index contributed by atoms with van der Waals surface area (Å²) < 4.78 is 0. The van der Waals surface area contributed by atoms with Gasteiger partial charge in [0, 0.05) is 25.7 Å². The molecule has 0 bridgehead atoms. The molecular formula is C9H12N6. The van der Waals surface area contributed by atoms with Crippen LogP contribution in [0, 0.1) is 0 Å². The van der Waals surface area contributed by atoms with Gasteiger partial charge in [0.1, 0.15) is 18.5 Å². The van der Waals surface area contributed by atoms with E-state index < -0.39 is 0 Å². The number of rotatable bonds is 5. The molecule has 0 aromatic carbocycles. The van der Waals surface area contributed by atoms with Crippen LogP contribution in [0.15, 0.2) is 24.9 Å². The van der Waals surface area contributed by atoms with E-state index in [1.165, 1.54) is 6.33 Å². The number of H-pyrrole nitrogens is 1. The van der Waals surface area contributed by atoms with Gasteiger partial charge in [-0.05, 0) is 6.07 Å². The van der Waals surface area contributed by atoms with E-state index in [9.17, 15) is 0 Å². The van der Waals surface area contributed by atoms with Crippen molar-refractivity contribution in [2.45, 2.75) is 13.0 Å². The van der Waals surface area contributed by atoms with Crippen molar-refractivity contribution in [3.8, 4) is 0 Å². The molecule has 0 radical (unpaired) electrons. The van der Waals surface area contributed by atoms with Crippen LogP contribution >= 0.6 is 0 Å². The van der Waals surface area contributed by atoms with Crippen molar-refractivity contribution < 1.29 is 0 Å². The second kappa shape index (κ2) is 5.16. The van der Waals surface area contributed by atoms with E-state index in [0.29, 0.717) is 0 Å². The number of aromatic amines is 1. The van der Waals surface area contributed by atoms with E-state index in [4.69, 9.17) is 0 Å². The van der Waals surface area contributed by atoms with Crippen LogP contribution in [0.3, 0.4) is 0 Å². The summed E-state index contributed by atoms with van der Waals surface area (Å²) in [7, 11) is 0. The van der Waals surface area contributed by atoms with Crippen molar-refractivity contribution in [3.63, 3.8) is 0 Å². The first-order valence-corrected chi connectivity index (χ1v) is 4.75. The molecule has 0 aliphatic carbocycles. The van der Waals surface area contributed by atoms with Crippen molar-refractivity contribution in [2.75, 3.05) is 6.54 Å². The zero-order valence-electron chi connectivity index (χ0n) is 8.22. The lowest BCUT2D eigenvalue weighted by molar-refractivity contribution is 0.660. The molecule has 2 aromatic heterocycles. The Morgan fingerprint density at radius 2 is 2.27 bits per heavy atom.